The molecule has 35 nitrogen and oxygen atoms in total. The van der Waals surface area contributed by atoms with Gasteiger partial charge in [-0.3, -0.25) is 63.4 Å². The number of phenols is 1. The molecule has 0 saturated carbocycles. The lowest BCUT2D eigenvalue weighted by Gasteiger charge is -2.42. The van der Waals surface area contributed by atoms with E-state index in [0.29, 0.717) is 22.4 Å². The summed E-state index contributed by atoms with van der Waals surface area (Å²) in [6.45, 7) is 6.05. The van der Waals surface area contributed by atoms with Crippen LogP contribution < -0.4 is 64.5 Å². The van der Waals surface area contributed by atoms with E-state index in [1.165, 1.54) is 64.4 Å². The Morgan fingerprint density at radius 1 is 0.850 bits per heavy atom. The first-order valence-electron chi connectivity index (χ1n) is 34.6. The van der Waals surface area contributed by atoms with Gasteiger partial charge in [0.1, 0.15) is 77.2 Å². The van der Waals surface area contributed by atoms with E-state index < -0.39 is 156 Å². The van der Waals surface area contributed by atoms with E-state index in [-0.39, 0.29) is 129 Å². The fourth-order valence-corrected chi connectivity index (χ4v) is 13.2. The van der Waals surface area contributed by atoms with E-state index in [4.69, 9.17) is 58.2 Å². The number of benzene rings is 2. The number of fused-ring (bicyclic) bond motifs is 5. The number of likely N-dealkylation sites (N-methyl/N-ethyl adjacent to an activating group) is 1. The Morgan fingerprint density at radius 2 is 1.45 bits per heavy atom. The largest absolute Gasteiger partial charge is 0.508 e. The van der Waals surface area contributed by atoms with Gasteiger partial charge in [-0.2, -0.15) is 11.8 Å². The molecule has 2 aromatic carbocycles. The van der Waals surface area contributed by atoms with Gasteiger partial charge in [0.2, 0.25) is 41.4 Å². The fraction of sp³-hybridized carbons (Fsp3) is 0.543. The number of aliphatic carboxylic acids is 1. The number of carboxylic acids is 1. The summed E-state index contributed by atoms with van der Waals surface area (Å²) < 4.78 is 29.5. The highest BCUT2D eigenvalue weighted by molar-refractivity contribution is 7.99. The number of halogens is 1. The molecule has 107 heavy (non-hydrogen) atoms. The number of hydrogen-bond acceptors (Lipinski definition) is 22. The van der Waals surface area contributed by atoms with Crippen LogP contribution in [-0.2, 0) is 84.5 Å². The molecule has 0 aliphatic carbocycles. The number of nitrogens with zero attached hydrogens (tertiary/aromatic N) is 5. The molecule has 2 aromatic rings. The van der Waals surface area contributed by atoms with Gasteiger partial charge in [0.25, 0.3) is 11.8 Å². The van der Waals surface area contributed by atoms with Crippen LogP contribution in [0, 0.1) is 5.92 Å². The van der Waals surface area contributed by atoms with E-state index in [1.54, 1.807) is 44.2 Å². The van der Waals surface area contributed by atoms with Gasteiger partial charge in [-0.25, -0.2) is 14.4 Å². The Kier molecular flexibility index (Phi) is 32.2. The second kappa shape index (κ2) is 40.1. The number of carboxylic acid groups (broad SMARTS) is 1. The van der Waals surface area contributed by atoms with E-state index in [1.807, 2.05) is 6.92 Å². The fourth-order valence-electron chi connectivity index (χ4n) is 12.2. The highest BCUT2D eigenvalue weighted by Crippen LogP contribution is 2.49. The average molecular weight is 1540 g/mol. The number of thioether (sulfide) groups is 1. The van der Waals surface area contributed by atoms with E-state index >= 15 is 0 Å². The van der Waals surface area contributed by atoms with Crippen LogP contribution in [0.1, 0.15) is 103 Å². The Balaban J connectivity index is 1.12. The molecule has 0 unspecified atom stereocenters. The number of rotatable bonds is 35. The van der Waals surface area contributed by atoms with Crippen LogP contribution in [0.3, 0.4) is 0 Å². The van der Waals surface area contributed by atoms with Crippen LogP contribution >= 0.6 is 23.4 Å². The number of ether oxygens (including phenoxy) is 5. The minimum atomic E-state index is -1.95. The lowest BCUT2D eigenvalue weighted by atomic mass is 9.83. The summed E-state index contributed by atoms with van der Waals surface area (Å²) in [5.41, 5.74) is 20.9. The van der Waals surface area contributed by atoms with Gasteiger partial charge in [-0.15, -0.1) is 0 Å². The number of nitrogens with one attached hydrogen (secondary N) is 6. The zero-order valence-corrected chi connectivity index (χ0v) is 62.5. The number of methoxy groups -OCH3 is 2. The molecule has 4 aliphatic rings. The number of imide groups is 1. The van der Waals surface area contributed by atoms with Crippen LogP contribution in [0.2, 0.25) is 5.02 Å². The molecule has 0 radical (unpaired) electrons. The number of hydrogen-bond donors (Lipinski definition) is 13. The molecule has 2 fully saturated rings. The topological polar surface area (TPSA) is 526 Å². The molecule has 10 amide bonds. The molecule has 586 valence electrons. The number of nitrogens with two attached hydrogens (primary N) is 4. The van der Waals surface area contributed by atoms with Crippen molar-refractivity contribution >= 4 is 112 Å². The predicted molar refractivity (Wildman–Crippen MR) is 393 cm³/mol. The number of carbonyl (C=O) groups excluding carboxylic acids is 11. The summed E-state index contributed by atoms with van der Waals surface area (Å²) in [5, 5.41) is 47.7. The van der Waals surface area contributed by atoms with Gasteiger partial charge in [-0.05, 0) is 108 Å². The lowest BCUT2D eigenvalue weighted by Crippen LogP contribution is -2.63. The van der Waals surface area contributed by atoms with Crippen molar-refractivity contribution in [1.29, 1.82) is 0 Å². The second-order valence-electron chi connectivity index (χ2n) is 26.6. The van der Waals surface area contributed by atoms with Crippen molar-refractivity contribution in [2.24, 2.45) is 38.8 Å². The molecule has 2 saturated heterocycles. The van der Waals surface area contributed by atoms with Gasteiger partial charge < -0.3 is 98.3 Å². The van der Waals surface area contributed by atoms with Gasteiger partial charge in [0.15, 0.2) is 17.6 Å². The molecule has 6 rings (SSSR count). The van der Waals surface area contributed by atoms with Crippen molar-refractivity contribution in [2.45, 2.75) is 171 Å². The van der Waals surface area contributed by atoms with Crippen molar-refractivity contribution in [1.82, 2.24) is 41.7 Å². The third-order valence-electron chi connectivity index (χ3n) is 18.5. The van der Waals surface area contributed by atoms with Crippen molar-refractivity contribution in [3.63, 3.8) is 0 Å². The summed E-state index contributed by atoms with van der Waals surface area (Å²) in [4.78, 5) is 173. The minimum absolute atomic E-state index is 0.0142. The number of carbonyl (C=O) groups is 12. The summed E-state index contributed by atoms with van der Waals surface area (Å²) in [5.74, 6) is -10.1. The molecule has 17 N–H and O–H groups in total. The van der Waals surface area contributed by atoms with Crippen LogP contribution in [0.5, 0.6) is 11.5 Å². The maximum Gasteiger partial charge on any atom is 0.409 e. The lowest BCUT2D eigenvalue weighted by molar-refractivity contribution is -0.162. The zero-order valence-electron chi connectivity index (χ0n) is 61.0. The number of guanidine groups is 2. The number of esters is 1. The maximum absolute atomic E-state index is 14.5. The van der Waals surface area contributed by atoms with Crippen molar-refractivity contribution < 1.29 is 96.5 Å². The van der Waals surface area contributed by atoms with Crippen LogP contribution in [0.25, 0.3) is 0 Å². The van der Waals surface area contributed by atoms with Crippen LogP contribution in [0.15, 0.2) is 82.3 Å². The number of allylic oxidation sites excluding steroid dienone is 3. The average Bonchev–Trinajstić information content (AvgIpc) is 1.57. The number of aliphatic imine (C=N–C) groups is 2. The van der Waals surface area contributed by atoms with E-state index in [2.05, 4.69) is 41.9 Å². The third kappa shape index (κ3) is 25.3. The SMILES string of the molecule is COc1cc2cc(c1Cl)N(C)C(=O)C[C@H](OC(=O)[C@H](C)N(C)C(=O)CCSCC(=O)N[C@@H](CCCN=C(N)N)C(=O)N[C@@H](CCCCNC(=O)[C@@H](CCCN=C(N)N)NC(=O)CN1C(=O)C=CC1=O)C(=O)N[C@@H](Cc1ccc(O)cc1)C(=O)O)[C@]1(C)O[C@H]1[C@H](C)[C@@H]1C[C@@](O)(NC(=O)O1)[C@H](OC)/C=C/C=C(\C)C2. The normalized spacial score (nSPS) is 22.7. The van der Waals surface area contributed by atoms with Crippen molar-refractivity contribution in [3.05, 3.63) is 88.5 Å². The first kappa shape index (κ1) is 85.9. The summed E-state index contributed by atoms with van der Waals surface area (Å²) in [7, 11) is 5.69. The summed E-state index contributed by atoms with van der Waals surface area (Å²) >= 11 is 7.86. The van der Waals surface area contributed by atoms with Gasteiger partial charge in [0, 0.05) is 83.9 Å². The zero-order chi connectivity index (χ0) is 79.0. The predicted octanol–water partition coefficient (Wildman–Crippen LogP) is -0.0714. The molecular formula is C70H98ClN15O20S. The summed E-state index contributed by atoms with van der Waals surface area (Å²) in [6.07, 6.45) is 1.67. The third-order valence-corrected chi connectivity index (χ3v) is 19.8. The molecule has 37 heteroatoms. The highest BCUT2D eigenvalue weighted by Gasteiger charge is 2.64. The number of phenolic OH excluding ortho intramolecular Hbond substituents is 1. The quantitative estimate of drug-likeness (QED) is 0.0107. The molecule has 0 aromatic heterocycles. The standard InChI is InChI=1S/C70H98ClN15O20S/c1-38-14-11-18-51(103-8)70(101)35-50(104-68(100)83-70)39(2)60-69(4,106-60)52(34-58(93)85(6)48-32-42(30-38)33-49(102-7)59(48)71)105-65(99)40(3)84(5)55(90)25-29-107-37-54(89)80-45(17-13-28-78-67(74)75)62(95)81-46(63(96)82-47(64(97)98)31-41-19-21-43(87)22-20-41)15-9-10-26-76-61(94)44(16-12-27-77-66(72)73)79-53(88)36-86-56(91)23-24-57(86)92/h11,14,18-24,32-33,39-40,44-47,50-52,60,87,101H,9-10,12-13,15-17,25-31,34-37H2,1-8H3,(H,76,94)(H,79,88)(H,80,89)(H,81,95)(H,82,96)(H,83,100)(H,97,98)(H4,72,73,77)(H4,74,75,78)/b18-11+,38-14+/t39-,40+,44-,45+,46+,47+,50+,51-,52+,60+,69+,70+/m1/s1. The Morgan fingerprint density at radius 3 is 2.06 bits per heavy atom. The number of unbranched alkanes of at least 4 members (excludes halogenated alkanes) is 1. The number of alkyl carbamates (subject to hydrolysis) is 1. The Bertz CT molecular complexity index is 3720. The van der Waals surface area contributed by atoms with Gasteiger partial charge in [-0.1, -0.05) is 54.5 Å². The number of aromatic hydroxyl groups is 1. The molecule has 12 atom stereocenters. The van der Waals surface area contributed by atoms with Gasteiger partial charge in [0.05, 0.1) is 31.1 Å². The molecular weight excluding hydrogens is 1440 g/mol. The van der Waals surface area contributed by atoms with E-state index in [9.17, 15) is 72.9 Å². The number of epoxide rings is 1. The molecule has 4 aliphatic heterocycles. The highest BCUT2D eigenvalue weighted by atomic mass is 35.5. The van der Waals surface area contributed by atoms with Crippen molar-refractivity contribution in [2.75, 3.05) is 70.9 Å². The van der Waals surface area contributed by atoms with Crippen molar-refractivity contribution in [3.8, 4) is 11.5 Å². The molecule has 4 heterocycles. The monoisotopic (exact) mass is 1540 g/mol. The molecule has 4 bridgehead atoms. The van der Waals surface area contributed by atoms with Gasteiger partial charge >= 0.3 is 18.0 Å². The second-order valence-corrected chi connectivity index (χ2v) is 28.0. The first-order chi connectivity index (χ1) is 50.6. The number of amides is 10. The first-order valence-corrected chi connectivity index (χ1v) is 36.2. The maximum atomic E-state index is 14.5. The Labute approximate surface area is 628 Å². The minimum Gasteiger partial charge on any atom is -0.508 e. The Hall–Kier alpha value is -10.0. The van der Waals surface area contributed by atoms with Crippen LogP contribution in [0.4, 0.5) is 10.5 Å². The van der Waals surface area contributed by atoms with E-state index in [0.717, 1.165) is 34.4 Å². The summed E-state index contributed by atoms with van der Waals surface area (Å²) in [6, 6.07) is 2.26. The number of aliphatic hydroxyl groups is 1. The smallest absolute Gasteiger partial charge is 0.409 e. The number of anilines is 1. The molecule has 0 spiro atoms. The van der Waals surface area contributed by atoms with Crippen LogP contribution in [-0.4, -0.2) is 240 Å².